The molecule has 0 aliphatic rings. The minimum atomic E-state index is 0.595. The molecule has 106 valence electrons. The lowest BCUT2D eigenvalue weighted by Crippen LogP contribution is -2.13. The highest BCUT2D eigenvalue weighted by atomic mass is 127. The third-order valence-corrected chi connectivity index (χ3v) is 4.11. The smallest absolute Gasteiger partial charge is 0.124 e. The molecular weight excluding hydrogens is 429 g/mol. The highest BCUT2D eigenvalue weighted by Gasteiger charge is 2.05. The Bertz CT molecular complexity index is 557. The zero-order valence-corrected chi connectivity index (χ0v) is 15.1. The van der Waals surface area contributed by atoms with Crippen LogP contribution in [0.2, 0.25) is 0 Å². The van der Waals surface area contributed by atoms with E-state index in [-0.39, 0.29) is 0 Å². The van der Waals surface area contributed by atoms with Gasteiger partial charge in [0.2, 0.25) is 0 Å². The molecule has 0 aliphatic carbocycles. The van der Waals surface area contributed by atoms with E-state index in [1.54, 1.807) is 0 Å². The van der Waals surface area contributed by atoms with Gasteiger partial charge in [-0.25, -0.2) is 0 Å². The first-order chi connectivity index (χ1) is 9.69. The van der Waals surface area contributed by atoms with Gasteiger partial charge >= 0.3 is 0 Å². The number of hydrogen-bond donors (Lipinski definition) is 1. The van der Waals surface area contributed by atoms with E-state index in [2.05, 4.69) is 81.1 Å². The Hall–Kier alpha value is -0.590. The summed E-state index contributed by atoms with van der Waals surface area (Å²) in [4.78, 5) is 0. The van der Waals surface area contributed by atoms with Gasteiger partial charge in [0.05, 0.1) is 0 Å². The monoisotopic (exact) mass is 445 g/mol. The van der Waals surface area contributed by atoms with Gasteiger partial charge in [0, 0.05) is 20.2 Å². The van der Waals surface area contributed by atoms with Crippen molar-refractivity contribution in [3.05, 3.63) is 61.6 Å². The predicted molar refractivity (Wildman–Crippen MR) is 95.0 cm³/mol. The topological polar surface area (TPSA) is 21.3 Å². The van der Waals surface area contributed by atoms with Crippen molar-refractivity contribution in [1.82, 2.24) is 5.32 Å². The second-order valence-electron chi connectivity index (χ2n) is 4.45. The third-order valence-electron chi connectivity index (χ3n) is 2.90. The Kier molecular flexibility index (Phi) is 6.32. The van der Waals surface area contributed by atoms with E-state index in [0.717, 1.165) is 23.3 Å². The maximum atomic E-state index is 5.95. The number of ether oxygens (including phenoxy) is 1. The van der Waals surface area contributed by atoms with Crippen LogP contribution in [0.4, 0.5) is 0 Å². The number of hydrogen-bond acceptors (Lipinski definition) is 2. The van der Waals surface area contributed by atoms with Gasteiger partial charge in [0.15, 0.2) is 0 Å². The number of halogens is 2. The molecule has 2 rings (SSSR count). The van der Waals surface area contributed by atoms with Crippen LogP contribution >= 0.6 is 38.5 Å². The molecule has 2 aromatic carbocycles. The summed E-state index contributed by atoms with van der Waals surface area (Å²) in [5, 5.41) is 3.34. The average Bonchev–Trinajstić information content (AvgIpc) is 2.46. The minimum Gasteiger partial charge on any atom is -0.489 e. The van der Waals surface area contributed by atoms with Crippen LogP contribution in [0, 0.1) is 3.57 Å². The standard InChI is InChI=1S/C16H17BrINO/c1-2-19-10-13-9-14(17)5-8-16(13)20-11-12-3-6-15(18)7-4-12/h3-9,19H,2,10-11H2,1H3. The van der Waals surface area contributed by atoms with Crippen LogP contribution in [0.5, 0.6) is 5.75 Å². The molecule has 0 saturated heterocycles. The summed E-state index contributed by atoms with van der Waals surface area (Å²) in [5.41, 5.74) is 2.36. The first kappa shape index (κ1) is 15.8. The molecule has 0 radical (unpaired) electrons. The maximum Gasteiger partial charge on any atom is 0.124 e. The molecule has 0 fully saturated rings. The van der Waals surface area contributed by atoms with Gasteiger partial charge in [-0.1, -0.05) is 35.0 Å². The van der Waals surface area contributed by atoms with Crippen LogP contribution in [0.3, 0.4) is 0 Å². The molecule has 2 nitrogen and oxygen atoms in total. The van der Waals surface area contributed by atoms with E-state index < -0.39 is 0 Å². The van der Waals surface area contributed by atoms with Crippen molar-refractivity contribution in [2.75, 3.05) is 6.54 Å². The van der Waals surface area contributed by atoms with Crippen molar-refractivity contribution >= 4 is 38.5 Å². The van der Waals surface area contributed by atoms with Gasteiger partial charge in [0.1, 0.15) is 12.4 Å². The van der Waals surface area contributed by atoms with Crippen LogP contribution in [-0.4, -0.2) is 6.54 Å². The molecule has 0 heterocycles. The fourth-order valence-corrected chi connectivity index (χ4v) is 2.60. The normalized spacial score (nSPS) is 10.6. The van der Waals surface area contributed by atoms with E-state index in [9.17, 15) is 0 Å². The summed E-state index contributed by atoms with van der Waals surface area (Å²) in [6.07, 6.45) is 0. The molecule has 2 aromatic rings. The average molecular weight is 446 g/mol. The van der Waals surface area contributed by atoms with Crippen molar-refractivity contribution in [2.24, 2.45) is 0 Å². The molecule has 0 unspecified atom stereocenters. The van der Waals surface area contributed by atoms with E-state index in [0.29, 0.717) is 6.61 Å². The van der Waals surface area contributed by atoms with E-state index in [4.69, 9.17) is 4.74 Å². The van der Waals surface area contributed by atoms with Gasteiger partial charge in [-0.3, -0.25) is 0 Å². The summed E-state index contributed by atoms with van der Waals surface area (Å²) >= 11 is 5.81. The molecule has 20 heavy (non-hydrogen) atoms. The van der Waals surface area contributed by atoms with Gasteiger partial charge in [-0.2, -0.15) is 0 Å². The van der Waals surface area contributed by atoms with Gasteiger partial charge in [0.25, 0.3) is 0 Å². The molecule has 0 aliphatic heterocycles. The highest BCUT2D eigenvalue weighted by Crippen LogP contribution is 2.24. The van der Waals surface area contributed by atoms with Crippen molar-refractivity contribution < 1.29 is 4.74 Å². The fourth-order valence-electron chi connectivity index (χ4n) is 1.83. The van der Waals surface area contributed by atoms with Gasteiger partial charge < -0.3 is 10.1 Å². The summed E-state index contributed by atoms with van der Waals surface area (Å²) in [6.45, 7) is 4.46. The van der Waals surface area contributed by atoms with Crippen LogP contribution in [0.15, 0.2) is 46.9 Å². The Balaban J connectivity index is 2.06. The van der Waals surface area contributed by atoms with Crippen molar-refractivity contribution in [2.45, 2.75) is 20.1 Å². The van der Waals surface area contributed by atoms with Crippen molar-refractivity contribution in [3.8, 4) is 5.75 Å². The maximum absolute atomic E-state index is 5.95. The second-order valence-corrected chi connectivity index (χ2v) is 6.61. The molecule has 0 aromatic heterocycles. The molecule has 0 bridgehead atoms. The Morgan fingerprint density at radius 1 is 1.15 bits per heavy atom. The van der Waals surface area contributed by atoms with Crippen LogP contribution in [0.25, 0.3) is 0 Å². The Morgan fingerprint density at radius 2 is 1.90 bits per heavy atom. The zero-order chi connectivity index (χ0) is 14.4. The summed E-state index contributed by atoms with van der Waals surface area (Å²) in [6, 6.07) is 14.5. The SMILES string of the molecule is CCNCc1cc(Br)ccc1OCc1ccc(I)cc1. The number of benzene rings is 2. The lowest BCUT2D eigenvalue weighted by atomic mass is 10.2. The van der Waals surface area contributed by atoms with Crippen molar-refractivity contribution in [3.63, 3.8) is 0 Å². The number of rotatable bonds is 6. The minimum absolute atomic E-state index is 0.595. The lowest BCUT2D eigenvalue weighted by Gasteiger charge is -2.12. The van der Waals surface area contributed by atoms with E-state index in [1.807, 2.05) is 12.1 Å². The lowest BCUT2D eigenvalue weighted by molar-refractivity contribution is 0.302. The van der Waals surface area contributed by atoms with E-state index in [1.165, 1.54) is 14.7 Å². The molecule has 0 amide bonds. The molecule has 0 saturated carbocycles. The number of nitrogens with one attached hydrogen (secondary N) is 1. The van der Waals surface area contributed by atoms with Gasteiger partial charge in [-0.15, -0.1) is 0 Å². The Labute approximate surface area is 142 Å². The second kappa shape index (κ2) is 8.00. The summed E-state index contributed by atoms with van der Waals surface area (Å²) < 4.78 is 8.27. The molecule has 0 spiro atoms. The summed E-state index contributed by atoms with van der Waals surface area (Å²) in [7, 11) is 0. The predicted octanol–water partition coefficient (Wildman–Crippen LogP) is 4.74. The molecular formula is C16H17BrINO. The Morgan fingerprint density at radius 3 is 2.60 bits per heavy atom. The molecule has 0 atom stereocenters. The third kappa shape index (κ3) is 4.75. The quantitative estimate of drug-likeness (QED) is 0.648. The molecule has 1 N–H and O–H groups in total. The van der Waals surface area contributed by atoms with Crippen molar-refractivity contribution in [1.29, 1.82) is 0 Å². The van der Waals surface area contributed by atoms with Crippen LogP contribution in [-0.2, 0) is 13.2 Å². The summed E-state index contributed by atoms with van der Waals surface area (Å²) in [5.74, 6) is 0.938. The zero-order valence-electron chi connectivity index (χ0n) is 11.3. The first-order valence-electron chi connectivity index (χ1n) is 6.55. The van der Waals surface area contributed by atoms with Crippen LogP contribution < -0.4 is 10.1 Å². The molecule has 4 heteroatoms. The fraction of sp³-hybridized carbons (Fsp3) is 0.250. The van der Waals surface area contributed by atoms with Crippen LogP contribution in [0.1, 0.15) is 18.1 Å². The van der Waals surface area contributed by atoms with Gasteiger partial charge in [-0.05, 0) is 65.0 Å². The first-order valence-corrected chi connectivity index (χ1v) is 8.42. The largest absolute Gasteiger partial charge is 0.489 e. The highest BCUT2D eigenvalue weighted by molar-refractivity contribution is 14.1. The van der Waals surface area contributed by atoms with E-state index >= 15 is 0 Å².